The molecule has 0 fully saturated rings. The van der Waals surface area contributed by atoms with Gasteiger partial charge < -0.3 is 0 Å². The predicted octanol–water partition coefficient (Wildman–Crippen LogP) is 1.99. The van der Waals surface area contributed by atoms with E-state index in [0.717, 1.165) is 0 Å². The van der Waals surface area contributed by atoms with Gasteiger partial charge in [0, 0.05) is 0 Å². The lowest BCUT2D eigenvalue weighted by Gasteiger charge is -1.82. The van der Waals surface area contributed by atoms with Gasteiger partial charge in [-0.1, -0.05) is 23.2 Å². The van der Waals surface area contributed by atoms with Crippen molar-refractivity contribution in [1.82, 2.24) is 0 Å². The highest BCUT2D eigenvalue weighted by molar-refractivity contribution is 6.38. The van der Waals surface area contributed by atoms with E-state index in [4.69, 9.17) is 23.2 Å². The van der Waals surface area contributed by atoms with Gasteiger partial charge in [-0.05, 0) is 6.92 Å². The summed E-state index contributed by atoms with van der Waals surface area (Å²) in [6.45, 7) is 1.53. The Balaban J connectivity index is 4.22. The van der Waals surface area contributed by atoms with E-state index in [0.29, 0.717) is 0 Å². The maximum Gasteiger partial charge on any atom is 0.241 e. The van der Waals surface area contributed by atoms with E-state index < -0.39 is 0 Å². The van der Waals surface area contributed by atoms with Crippen molar-refractivity contribution in [3.63, 3.8) is 0 Å². The Morgan fingerprint density at radius 2 is 2.12 bits per heavy atom. The molecule has 0 aliphatic rings. The molecule has 2 nitrogen and oxygen atoms in total. The Bertz CT molecular complexity index is 153. The highest BCUT2D eigenvalue weighted by atomic mass is 35.5. The van der Waals surface area contributed by atoms with Crippen LogP contribution in [-0.4, -0.2) is 6.08 Å². The van der Waals surface area contributed by atoms with E-state index in [1.807, 2.05) is 0 Å². The van der Waals surface area contributed by atoms with Crippen molar-refractivity contribution in [2.45, 2.75) is 6.92 Å². The lowest BCUT2D eigenvalue weighted by Crippen LogP contribution is -1.64. The standard InChI is InChI=1S/C4H3Cl2NO/c1-3(5)4(6)7-2-8/h1H3/b4-3-. The summed E-state index contributed by atoms with van der Waals surface area (Å²) < 4.78 is 0. The summed E-state index contributed by atoms with van der Waals surface area (Å²) in [5, 5.41) is 0.275. The fourth-order valence-electron chi connectivity index (χ4n) is 0.117. The number of allylic oxidation sites excluding steroid dienone is 1. The van der Waals surface area contributed by atoms with Gasteiger partial charge in [0.2, 0.25) is 6.08 Å². The van der Waals surface area contributed by atoms with Crippen LogP contribution in [-0.2, 0) is 4.79 Å². The molecule has 0 aliphatic carbocycles. The first kappa shape index (κ1) is 7.70. The lowest BCUT2D eigenvalue weighted by atomic mass is 10.7. The number of rotatable bonds is 1. The highest BCUT2D eigenvalue weighted by Crippen LogP contribution is 2.12. The largest absolute Gasteiger partial charge is 0.241 e. The molecule has 44 valence electrons. The first-order valence-corrected chi connectivity index (χ1v) is 2.54. The quantitative estimate of drug-likeness (QED) is 0.321. The number of hydrogen-bond acceptors (Lipinski definition) is 2. The Labute approximate surface area is 56.8 Å². The molecule has 0 aromatic carbocycles. The SMILES string of the molecule is C/C(Cl)=C(\Cl)N=C=O. The van der Waals surface area contributed by atoms with Gasteiger partial charge in [0.1, 0.15) is 0 Å². The summed E-state index contributed by atoms with van der Waals surface area (Å²) in [4.78, 5) is 12.5. The van der Waals surface area contributed by atoms with Crippen LogP contribution in [0.4, 0.5) is 0 Å². The number of halogens is 2. The Morgan fingerprint density at radius 1 is 1.62 bits per heavy atom. The number of nitrogens with zero attached hydrogens (tertiary/aromatic N) is 1. The molecule has 0 unspecified atom stereocenters. The Kier molecular flexibility index (Phi) is 3.53. The average Bonchev–Trinajstić information content (AvgIpc) is 1.67. The molecule has 0 spiro atoms. The van der Waals surface area contributed by atoms with Crippen LogP contribution >= 0.6 is 23.2 Å². The molecular formula is C4H3Cl2NO. The van der Waals surface area contributed by atoms with E-state index in [-0.39, 0.29) is 10.2 Å². The van der Waals surface area contributed by atoms with Crippen molar-refractivity contribution in [2.24, 2.45) is 4.99 Å². The molecule has 0 radical (unpaired) electrons. The molecule has 0 atom stereocenters. The lowest BCUT2D eigenvalue weighted by molar-refractivity contribution is 0.565. The highest BCUT2D eigenvalue weighted by Gasteiger charge is 1.89. The van der Waals surface area contributed by atoms with E-state index in [1.54, 1.807) is 0 Å². The topological polar surface area (TPSA) is 29.4 Å². The Hall–Kier alpha value is -0.300. The van der Waals surface area contributed by atoms with Crippen LogP contribution in [0.15, 0.2) is 15.2 Å². The third-order valence-corrected chi connectivity index (χ3v) is 1.07. The number of aliphatic imine (C=N–C) groups is 1. The van der Waals surface area contributed by atoms with Gasteiger partial charge in [-0.3, -0.25) is 0 Å². The van der Waals surface area contributed by atoms with Gasteiger partial charge in [-0.25, -0.2) is 4.79 Å². The fourth-order valence-corrected chi connectivity index (χ4v) is 0.194. The van der Waals surface area contributed by atoms with Crippen molar-refractivity contribution in [3.8, 4) is 0 Å². The van der Waals surface area contributed by atoms with Gasteiger partial charge in [-0.2, -0.15) is 4.99 Å². The summed E-state index contributed by atoms with van der Waals surface area (Å²) in [6, 6.07) is 0. The minimum atomic E-state index is -0.0123. The summed E-state index contributed by atoms with van der Waals surface area (Å²) in [5.41, 5.74) is 0. The van der Waals surface area contributed by atoms with E-state index >= 15 is 0 Å². The molecule has 0 heterocycles. The summed E-state index contributed by atoms with van der Waals surface area (Å²) >= 11 is 10.5. The third kappa shape index (κ3) is 2.80. The molecule has 8 heavy (non-hydrogen) atoms. The van der Waals surface area contributed by atoms with Crippen LogP contribution in [0.2, 0.25) is 0 Å². The van der Waals surface area contributed by atoms with Crippen molar-refractivity contribution < 1.29 is 4.79 Å². The van der Waals surface area contributed by atoms with Crippen molar-refractivity contribution in [1.29, 1.82) is 0 Å². The Morgan fingerprint density at radius 3 is 2.25 bits per heavy atom. The third-order valence-electron chi connectivity index (χ3n) is 0.428. The fraction of sp³-hybridized carbons (Fsp3) is 0.250. The summed E-state index contributed by atoms with van der Waals surface area (Å²) in [7, 11) is 0. The molecule has 0 saturated carbocycles. The van der Waals surface area contributed by atoms with Gasteiger partial charge in [0.15, 0.2) is 5.16 Å². The van der Waals surface area contributed by atoms with Crippen molar-refractivity contribution >= 4 is 29.3 Å². The van der Waals surface area contributed by atoms with E-state index in [2.05, 4.69) is 4.99 Å². The molecular weight excluding hydrogens is 149 g/mol. The number of carbonyl (C=O) groups excluding carboxylic acids is 1. The first-order valence-electron chi connectivity index (χ1n) is 1.78. The van der Waals surface area contributed by atoms with Crippen LogP contribution in [0.1, 0.15) is 6.92 Å². The molecule has 0 rings (SSSR count). The number of hydrogen-bond donors (Lipinski definition) is 0. The van der Waals surface area contributed by atoms with Crippen LogP contribution in [0, 0.1) is 0 Å². The molecule has 0 amide bonds. The second-order valence-electron chi connectivity index (χ2n) is 1.03. The number of isocyanates is 1. The van der Waals surface area contributed by atoms with Gasteiger partial charge in [-0.15, -0.1) is 0 Å². The second kappa shape index (κ2) is 3.67. The summed E-state index contributed by atoms with van der Waals surface area (Å²) in [6.07, 6.45) is 1.25. The second-order valence-corrected chi connectivity index (χ2v) is 1.95. The predicted molar refractivity (Wildman–Crippen MR) is 32.5 cm³/mol. The summed E-state index contributed by atoms with van der Waals surface area (Å²) in [5.74, 6) is 0. The smallest absolute Gasteiger partial charge is 0.211 e. The molecule has 0 N–H and O–H groups in total. The van der Waals surface area contributed by atoms with Crippen LogP contribution in [0.5, 0.6) is 0 Å². The monoisotopic (exact) mass is 151 g/mol. The minimum Gasteiger partial charge on any atom is -0.211 e. The van der Waals surface area contributed by atoms with Gasteiger partial charge in [0.25, 0.3) is 0 Å². The van der Waals surface area contributed by atoms with Gasteiger partial charge >= 0.3 is 0 Å². The molecule has 0 saturated heterocycles. The van der Waals surface area contributed by atoms with E-state index in [1.165, 1.54) is 13.0 Å². The normalized spacial score (nSPS) is 11.9. The van der Waals surface area contributed by atoms with Crippen molar-refractivity contribution in [3.05, 3.63) is 10.2 Å². The molecule has 0 bridgehead atoms. The zero-order valence-electron chi connectivity index (χ0n) is 4.11. The van der Waals surface area contributed by atoms with Crippen molar-refractivity contribution in [2.75, 3.05) is 0 Å². The average molecular weight is 152 g/mol. The van der Waals surface area contributed by atoms with Crippen LogP contribution in [0.25, 0.3) is 0 Å². The zero-order valence-corrected chi connectivity index (χ0v) is 5.62. The maximum atomic E-state index is 9.45. The van der Waals surface area contributed by atoms with Crippen LogP contribution < -0.4 is 0 Å². The molecule has 0 aliphatic heterocycles. The first-order chi connectivity index (χ1) is 3.68. The maximum absolute atomic E-state index is 9.45. The zero-order chi connectivity index (χ0) is 6.57. The molecule has 4 heteroatoms. The van der Waals surface area contributed by atoms with Gasteiger partial charge in [0.05, 0.1) is 5.03 Å². The molecule has 0 aromatic rings. The van der Waals surface area contributed by atoms with E-state index in [9.17, 15) is 4.79 Å². The minimum absolute atomic E-state index is 0.0123. The van der Waals surface area contributed by atoms with Crippen LogP contribution in [0.3, 0.4) is 0 Å². The molecule has 0 aromatic heterocycles.